The third-order valence-electron chi connectivity index (χ3n) is 4.61. The van der Waals surface area contributed by atoms with Crippen LogP contribution in [0, 0.1) is 5.92 Å². The van der Waals surface area contributed by atoms with Crippen LogP contribution in [0.3, 0.4) is 0 Å². The number of epoxide rings is 1. The van der Waals surface area contributed by atoms with Gasteiger partial charge in [0.2, 0.25) is 0 Å². The van der Waals surface area contributed by atoms with E-state index >= 15 is 0 Å². The van der Waals surface area contributed by atoms with Gasteiger partial charge >= 0.3 is 0 Å². The van der Waals surface area contributed by atoms with E-state index in [4.69, 9.17) is 9.47 Å². The molecular weight excluding hydrogens is 236 g/mol. The predicted molar refractivity (Wildman–Crippen MR) is 79.4 cm³/mol. The molecule has 1 aliphatic carbocycles. The quantitative estimate of drug-likeness (QED) is 0.400. The topological polar surface area (TPSA) is 21.8 Å². The molecule has 0 bridgehead atoms. The Morgan fingerprint density at radius 1 is 0.895 bits per heavy atom. The van der Waals surface area contributed by atoms with E-state index in [0.29, 0.717) is 12.2 Å². The Labute approximate surface area is 119 Å². The van der Waals surface area contributed by atoms with Gasteiger partial charge in [-0.1, -0.05) is 51.9 Å². The Bertz CT molecular complexity index is 229. The molecule has 0 N–H and O–H groups in total. The van der Waals surface area contributed by atoms with Crippen LogP contribution in [0.25, 0.3) is 0 Å². The first kappa shape index (κ1) is 15.3. The first-order valence-corrected chi connectivity index (χ1v) is 8.63. The van der Waals surface area contributed by atoms with E-state index in [1.54, 1.807) is 0 Å². The van der Waals surface area contributed by atoms with Gasteiger partial charge in [-0.05, 0) is 31.6 Å². The summed E-state index contributed by atoms with van der Waals surface area (Å²) >= 11 is 0. The maximum absolute atomic E-state index is 5.83. The summed E-state index contributed by atoms with van der Waals surface area (Å²) in [6.45, 7) is 4.22. The monoisotopic (exact) mass is 268 g/mol. The lowest BCUT2D eigenvalue weighted by atomic mass is 9.90. The third-order valence-corrected chi connectivity index (χ3v) is 4.61. The molecule has 0 aromatic carbocycles. The van der Waals surface area contributed by atoms with Crippen LogP contribution in [-0.2, 0) is 9.47 Å². The van der Waals surface area contributed by atoms with E-state index in [-0.39, 0.29) is 0 Å². The minimum atomic E-state index is 0.602. The smallest absolute Gasteiger partial charge is 0.0845 e. The summed E-state index contributed by atoms with van der Waals surface area (Å²) in [5.41, 5.74) is 0. The Morgan fingerprint density at radius 3 is 2.37 bits per heavy atom. The van der Waals surface area contributed by atoms with Crippen LogP contribution in [-0.4, -0.2) is 25.4 Å². The van der Waals surface area contributed by atoms with E-state index in [1.165, 1.54) is 70.6 Å². The Kier molecular flexibility index (Phi) is 7.23. The lowest BCUT2D eigenvalue weighted by Gasteiger charge is -2.18. The van der Waals surface area contributed by atoms with Crippen molar-refractivity contribution in [3.63, 3.8) is 0 Å². The van der Waals surface area contributed by atoms with Crippen molar-refractivity contribution in [1.82, 2.24) is 0 Å². The zero-order chi connectivity index (χ0) is 13.3. The number of unbranched alkanes of at least 4 members (excludes halogenated alkanes) is 7. The Balaban J connectivity index is 1.31. The molecule has 2 fully saturated rings. The van der Waals surface area contributed by atoms with Crippen molar-refractivity contribution < 1.29 is 9.47 Å². The fourth-order valence-corrected chi connectivity index (χ4v) is 3.23. The zero-order valence-corrected chi connectivity index (χ0v) is 12.7. The normalized spacial score (nSPS) is 29.2. The number of ether oxygens (including phenoxy) is 2. The molecular formula is C17H32O2. The molecule has 19 heavy (non-hydrogen) atoms. The number of rotatable bonds is 11. The lowest BCUT2D eigenvalue weighted by Crippen LogP contribution is -2.18. The maximum Gasteiger partial charge on any atom is 0.0845 e. The van der Waals surface area contributed by atoms with Crippen molar-refractivity contribution in [2.45, 2.75) is 89.8 Å². The van der Waals surface area contributed by atoms with Gasteiger partial charge in [-0.2, -0.15) is 0 Å². The van der Waals surface area contributed by atoms with Gasteiger partial charge in [0, 0.05) is 13.2 Å². The molecule has 1 aliphatic heterocycles. The van der Waals surface area contributed by atoms with Gasteiger partial charge < -0.3 is 9.47 Å². The largest absolute Gasteiger partial charge is 0.381 e. The third kappa shape index (κ3) is 6.27. The van der Waals surface area contributed by atoms with Crippen LogP contribution in [0.1, 0.15) is 77.6 Å². The van der Waals surface area contributed by atoms with E-state index < -0.39 is 0 Å². The minimum Gasteiger partial charge on any atom is -0.381 e. The predicted octanol–water partition coefficient (Wildman–Crippen LogP) is 4.71. The van der Waals surface area contributed by atoms with Crippen molar-refractivity contribution in [3.05, 3.63) is 0 Å². The van der Waals surface area contributed by atoms with Gasteiger partial charge in [-0.15, -0.1) is 0 Å². The van der Waals surface area contributed by atoms with Crippen molar-refractivity contribution in [2.75, 3.05) is 13.2 Å². The molecule has 3 atom stereocenters. The summed E-state index contributed by atoms with van der Waals surface area (Å²) in [4.78, 5) is 0. The number of hydrogen-bond donors (Lipinski definition) is 0. The second-order valence-corrected chi connectivity index (χ2v) is 6.44. The van der Waals surface area contributed by atoms with Crippen LogP contribution >= 0.6 is 0 Å². The lowest BCUT2D eigenvalue weighted by molar-refractivity contribution is 0.0851. The molecule has 1 saturated heterocycles. The van der Waals surface area contributed by atoms with Crippen LogP contribution in [0.5, 0.6) is 0 Å². The summed E-state index contributed by atoms with van der Waals surface area (Å²) in [6.07, 6.45) is 16.1. The summed E-state index contributed by atoms with van der Waals surface area (Å²) in [6, 6.07) is 0. The summed E-state index contributed by atoms with van der Waals surface area (Å²) in [5.74, 6) is 0.776. The molecule has 1 heterocycles. The molecule has 2 aliphatic rings. The molecule has 0 radical (unpaired) electrons. The summed E-state index contributed by atoms with van der Waals surface area (Å²) in [5, 5.41) is 0. The van der Waals surface area contributed by atoms with Gasteiger partial charge in [0.1, 0.15) is 0 Å². The average molecular weight is 268 g/mol. The molecule has 0 amide bonds. The molecule has 2 heteroatoms. The minimum absolute atomic E-state index is 0.602. The highest BCUT2D eigenvalue weighted by molar-refractivity contribution is 4.91. The van der Waals surface area contributed by atoms with Gasteiger partial charge in [0.15, 0.2) is 0 Å². The van der Waals surface area contributed by atoms with Crippen molar-refractivity contribution in [3.8, 4) is 0 Å². The van der Waals surface area contributed by atoms with E-state index in [1.807, 2.05) is 0 Å². The second kappa shape index (κ2) is 8.97. The van der Waals surface area contributed by atoms with Gasteiger partial charge in [-0.3, -0.25) is 0 Å². The molecule has 1 saturated carbocycles. The van der Waals surface area contributed by atoms with Crippen LogP contribution < -0.4 is 0 Å². The molecule has 0 aromatic heterocycles. The average Bonchev–Trinajstić information content (AvgIpc) is 3.19. The van der Waals surface area contributed by atoms with Gasteiger partial charge in [-0.25, -0.2) is 0 Å². The highest BCUT2D eigenvalue weighted by Gasteiger charge is 2.43. The van der Waals surface area contributed by atoms with Crippen molar-refractivity contribution >= 4 is 0 Å². The Morgan fingerprint density at radius 2 is 1.63 bits per heavy atom. The highest BCUT2D eigenvalue weighted by Crippen LogP contribution is 2.39. The van der Waals surface area contributed by atoms with Gasteiger partial charge in [0.25, 0.3) is 0 Å². The first-order chi connectivity index (χ1) is 9.40. The number of fused-ring (bicyclic) bond motifs is 1. The van der Waals surface area contributed by atoms with E-state index in [0.717, 1.165) is 19.1 Å². The molecule has 0 spiro atoms. The van der Waals surface area contributed by atoms with E-state index in [2.05, 4.69) is 6.92 Å². The van der Waals surface area contributed by atoms with Crippen LogP contribution in [0.15, 0.2) is 0 Å². The molecule has 2 rings (SSSR count). The summed E-state index contributed by atoms with van der Waals surface area (Å²) in [7, 11) is 0. The zero-order valence-electron chi connectivity index (χ0n) is 12.7. The maximum atomic E-state index is 5.83. The SMILES string of the molecule is CCCCCCCCCCOCC1CCC2OC2C1. The highest BCUT2D eigenvalue weighted by atomic mass is 16.6. The standard InChI is InChI=1S/C17H32O2/c1-2-3-4-5-6-7-8-9-12-18-14-15-10-11-16-17(13-15)19-16/h15-17H,2-14H2,1H3. The molecule has 3 unspecified atom stereocenters. The van der Waals surface area contributed by atoms with Crippen molar-refractivity contribution in [1.29, 1.82) is 0 Å². The first-order valence-electron chi connectivity index (χ1n) is 8.63. The number of hydrogen-bond acceptors (Lipinski definition) is 2. The second-order valence-electron chi connectivity index (χ2n) is 6.44. The van der Waals surface area contributed by atoms with E-state index in [9.17, 15) is 0 Å². The van der Waals surface area contributed by atoms with Crippen LogP contribution in [0.2, 0.25) is 0 Å². The molecule has 112 valence electrons. The Hall–Kier alpha value is -0.0800. The molecule has 0 aromatic rings. The van der Waals surface area contributed by atoms with Crippen LogP contribution in [0.4, 0.5) is 0 Å². The van der Waals surface area contributed by atoms with Crippen molar-refractivity contribution in [2.24, 2.45) is 5.92 Å². The fourth-order valence-electron chi connectivity index (χ4n) is 3.23. The summed E-state index contributed by atoms with van der Waals surface area (Å²) < 4.78 is 11.4. The molecule has 2 nitrogen and oxygen atoms in total. The van der Waals surface area contributed by atoms with Gasteiger partial charge in [0.05, 0.1) is 12.2 Å². The fraction of sp³-hybridized carbons (Fsp3) is 1.00.